The Balaban J connectivity index is 1.87. The summed E-state index contributed by atoms with van der Waals surface area (Å²) >= 11 is 4.22. The summed E-state index contributed by atoms with van der Waals surface area (Å²) in [5, 5.41) is 2.97. The molecule has 16 heavy (non-hydrogen) atoms. The average molecular weight is 235 g/mol. The number of amides is 1. The van der Waals surface area contributed by atoms with Gasteiger partial charge in [-0.3, -0.25) is 4.79 Å². The molecule has 86 valence electrons. The summed E-state index contributed by atoms with van der Waals surface area (Å²) in [6.45, 7) is 2.98. The van der Waals surface area contributed by atoms with Crippen LogP contribution in [0.4, 0.5) is 0 Å². The first-order valence-electron chi connectivity index (χ1n) is 5.74. The van der Waals surface area contributed by atoms with Crippen molar-refractivity contribution in [2.75, 3.05) is 6.54 Å². The van der Waals surface area contributed by atoms with Crippen LogP contribution in [0.5, 0.6) is 0 Å². The van der Waals surface area contributed by atoms with Gasteiger partial charge in [-0.05, 0) is 42.9 Å². The van der Waals surface area contributed by atoms with E-state index in [9.17, 15) is 4.79 Å². The second-order valence-corrected chi connectivity index (χ2v) is 5.09. The van der Waals surface area contributed by atoms with Gasteiger partial charge in [-0.1, -0.05) is 13.0 Å². The first kappa shape index (κ1) is 11.5. The van der Waals surface area contributed by atoms with E-state index in [1.165, 1.54) is 12.8 Å². The molecule has 0 spiro atoms. The Bertz CT molecular complexity index is 387. The summed E-state index contributed by atoms with van der Waals surface area (Å²) in [4.78, 5) is 12.6. The number of benzene rings is 1. The molecule has 3 heteroatoms. The molecule has 1 atom stereocenters. The number of nitrogens with one attached hydrogen (secondary N) is 1. The van der Waals surface area contributed by atoms with Gasteiger partial charge in [0, 0.05) is 17.0 Å². The fourth-order valence-corrected chi connectivity index (χ4v) is 2.06. The minimum Gasteiger partial charge on any atom is -0.352 e. The average Bonchev–Trinajstić information content (AvgIpc) is 3.09. The topological polar surface area (TPSA) is 29.1 Å². The van der Waals surface area contributed by atoms with Gasteiger partial charge in [0.25, 0.3) is 5.91 Å². The molecule has 1 aromatic carbocycles. The molecule has 0 saturated heterocycles. The third kappa shape index (κ3) is 3.01. The highest BCUT2D eigenvalue weighted by atomic mass is 32.1. The molecule has 0 bridgehead atoms. The van der Waals surface area contributed by atoms with Crippen molar-refractivity contribution in [2.24, 2.45) is 11.8 Å². The SMILES string of the molecule is CC(CNC(=O)c1cccc(S)c1)C1CC1. The van der Waals surface area contributed by atoms with E-state index in [1.807, 2.05) is 18.2 Å². The second kappa shape index (κ2) is 4.91. The maximum Gasteiger partial charge on any atom is 0.251 e. The van der Waals surface area contributed by atoms with Gasteiger partial charge in [0.1, 0.15) is 0 Å². The predicted molar refractivity (Wildman–Crippen MR) is 67.9 cm³/mol. The Labute approximate surface area is 102 Å². The van der Waals surface area contributed by atoms with E-state index in [0.717, 1.165) is 17.4 Å². The van der Waals surface area contributed by atoms with Crippen molar-refractivity contribution >= 4 is 18.5 Å². The largest absolute Gasteiger partial charge is 0.352 e. The molecule has 1 aromatic rings. The van der Waals surface area contributed by atoms with Gasteiger partial charge in [0.05, 0.1) is 0 Å². The van der Waals surface area contributed by atoms with Crippen LogP contribution >= 0.6 is 12.6 Å². The van der Waals surface area contributed by atoms with Gasteiger partial charge >= 0.3 is 0 Å². The number of carbonyl (C=O) groups excluding carboxylic acids is 1. The number of hydrogen-bond donors (Lipinski definition) is 2. The van der Waals surface area contributed by atoms with Gasteiger partial charge in [-0.25, -0.2) is 0 Å². The lowest BCUT2D eigenvalue weighted by molar-refractivity contribution is 0.0946. The lowest BCUT2D eigenvalue weighted by atomic mass is 10.1. The highest BCUT2D eigenvalue weighted by molar-refractivity contribution is 7.80. The molecule has 1 unspecified atom stereocenters. The van der Waals surface area contributed by atoms with E-state index in [-0.39, 0.29) is 5.91 Å². The molecule has 2 rings (SSSR count). The molecule has 1 amide bonds. The van der Waals surface area contributed by atoms with Crippen molar-refractivity contribution in [3.8, 4) is 0 Å². The van der Waals surface area contributed by atoms with Crippen molar-refractivity contribution in [1.82, 2.24) is 5.32 Å². The lowest BCUT2D eigenvalue weighted by Gasteiger charge is -2.11. The Morgan fingerprint density at radius 3 is 2.94 bits per heavy atom. The van der Waals surface area contributed by atoms with Crippen molar-refractivity contribution < 1.29 is 4.79 Å². The Kier molecular flexibility index (Phi) is 3.54. The Morgan fingerprint density at radius 2 is 2.31 bits per heavy atom. The van der Waals surface area contributed by atoms with Crippen LogP contribution in [0.25, 0.3) is 0 Å². The molecule has 0 aliphatic heterocycles. The number of rotatable bonds is 4. The molecular weight excluding hydrogens is 218 g/mol. The minimum absolute atomic E-state index is 0.00315. The van der Waals surface area contributed by atoms with Crippen LogP contribution in [0, 0.1) is 11.8 Å². The normalized spacial score (nSPS) is 16.9. The van der Waals surface area contributed by atoms with E-state index in [1.54, 1.807) is 6.07 Å². The highest BCUT2D eigenvalue weighted by Crippen LogP contribution is 2.36. The van der Waals surface area contributed by atoms with E-state index < -0.39 is 0 Å². The summed E-state index contributed by atoms with van der Waals surface area (Å²) < 4.78 is 0. The zero-order chi connectivity index (χ0) is 11.5. The van der Waals surface area contributed by atoms with Crippen molar-refractivity contribution in [2.45, 2.75) is 24.7 Å². The number of carbonyl (C=O) groups is 1. The van der Waals surface area contributed by atoms with E-state index >= 15 is 0 Å². The molecule has 0 aromatic heterocycles. The first-order valence-corrected chi connectivity index (χ1v) is 6.19. The molecule has 1 aliphatic carbocycles. The van der Waals surface area contributed by atoms with Gasteiger partial charge in [-0.2, -0.15) is 0 Å². The molecule has 2 nitrogen and oxygen atoms in total. The zero-order valence-corrected chi connectivity index (χ0v) is 10.3. The lowest BCUT2D eigenvalue weighted by Crippen LogP contribution is -2.28. The highest BCUT2D eigenvalue weighted by Gasteiger charge is 2.27. The van der Waals surface area contributed by atoms with Crippen LogP contribution in [-0.4, -0.2) is 12.5 Å². The van der Waals surface area contributed by atoms with Gasteiger partial charge < -0.3 is 5.32 Å². The molecule has 1 saturated carbocycles. The van der Waals surface area contributed by atoms with Crippen LogP contribution in [0.3, 0.4) is 0 Å². The molecule has 1 N–H and O–H groups in total. The fourth-order valence-electron chi connectivity index (χ4n) is 1.83. The first-order chi connectivity index (χ1) is 7.66. The third-order valence-electron chi connectivity index (χ3n) is 3.12. The third-order valence-corrected chi connectivity index (χ3v) is 3.40. The monoisotopic (exact) mass is 235 g/mol. The second-order valence-electron chi connectivity index (χ2n) is 4.58. The van der Waals surface area contributed by atoms with E-state index in [2.05, 4.69) is 24.9 Å². The summed E-state index contributed by atoms with van der Waals surface area (Å²) in [6, 6.07) is 7.32. The predicted octanol–water partition coefficient (Wildman–Crippen LogP) is 2.75. The minimum atomic E-state index is 0.00315. The number of hydrogen-bond acceptors (Lipinski definition) is 2. The summed E-state index contributed by atoms with van der Waals surface area (Å²) in [5.41, 5.74) is 0.690. The molecule has 1 fully saturated rings. The van der Waals surface area contributed by atoms with Crippen molar-refractivity contribution in [3.05, 3.63) is 29.8 Å². The van der Waals surface area contributed by atoms with Crippen LogP contribution in [-0.2, 0) is 0 Å². The van der Waals surface area contributed by atoms with E-state index in [0.29, 0.717) is 11.5 Å². The number of thiol groups is 1. The quantitative estimate of drug-likeness (QED) is 0.772. The zero-order valence-electron chi connectivity index (χ0n) is 9.44. The maximum absolute atomic E-state index is 11.8. The summed E-state index contributed by atoms with van der Waals surface area (Å²) in [5.74, 6) is 1.43. The van der Waals surface area contributed by atoms with Crippen LogP contribution in [0.2, 0.25) is 0 Å². The van der Waals surface area contributed by atoms with Gasteiger partial charge in [-0.15, -0.1) is 12.6 Å². The molecule has 0 radical (unpaired) electrons. The van der Waals surface area contributed by atoms with Gasteiger partial charge in [0.2, 0.25) is 0 Å². The standard InChI is InChI=1S/C13H17NOS/c1-9(10-5-6-10)8-14-13(15)11-3-2-4-12(16)7-11/h2-4,7,9-10,16H,5-6,8H2,1H3,(H,14,15). The Hall–Kier alpha value is -0.960. The van der Waals surface area contributed by atoms with Crippen molar-refractivity contribution in [3.63, 3.8) is 0 Å². The van der Waals surface area contributed by atoms with Crippen LogP contribution in [0.15, 0.2) is 29.2 Å². The maximum atomic E-state index is 11.8. The van der Waals surface area contributed by atoms with E-state index in [4.69, 9.17) is 0 Å². The smallest absolute Gasteiger partial charge is 0.251 e. The molecular formula is C13H17NOS. The molecule has 0 heterocycles. The van der Waals surface area contributed by atoms with Crippen molar-refractivity contribution in [1.29, 1.82) is 0 Å². The van der Waals surface area contributed by atoms with Crippen LogP contribution < -0.4 is 5.32 Å². The Morgan fingerprint density at radius 1 is 1.56 bits per heavy atom. The molecule has 1 aliphatic rings. The summed E-state index contributed by atoms with van der Waals surface area (Å²) in [7, 11) is 0. The van der Waals surface area contributed by atoms with Crippen LogP contribution in [0.1, 0.15) is 30.1 Å². The van der Waals surface area contributed by atoms with Gasteiger partial charge in [0.15, 0.2) is 0 Å². The fraction of sp³-hybridized carbons (Fsp3) is 0.462. The summed E-state index contributed by atoms with van der Waals surface area (Å²) in [6.07, 6.45) is 2.65.